The Kier molecular flexibility index (Phi) is 7.14. The zero-order valence-electron chi connectivity index (χ0n) is 15.3. The molecule has 1 amide bonds. The van der Waals surface area contributed by atoms with Crippen molar-refractivity contribution in [2.24, 2.45) is 7.05 Å². The fourth-order valence-corrected chi connectivity index (χ4v) is 3.90. The molecule has 0 unspecified atom stereocenters. The molecule has 0 aliphatic rings. The second-order valence-corrected chi connectivity index (χ2v) is 8.66. The monoisotopic (exact) mass is 524 g/mol. The smallest absolute Gasteiger partial charge is 0.234 e. The van der Waals surface area contributed by atoms with Gasteiger partial charge in [0.1, 0.15) is 11.6 Å². The summed E-state index contributed by atoms with van der Waals surface area (Å²) in [5.74, 6) is 1.79. The summed E-state index contributed by atoms with van der Waals surface area (Å²) in [5, 5.41) is 12.1. The van der Waals surface area contributed by atoms with Gasteiger partial charge in [-0.05, 0) is 51.8 Å². The van der Waals surface area contributed by atoms with Crippen LogP contribution in [0.1, 0.15) is 11.4 Å². The summed E-state index contributed by atoms with van der Waals surface area (Å²) in [4.78, 5) is 12.3. The number of anilines is 1. The first-order valence-electron chi connectivity index (χ1n) is 8.35. The first-order valence-corrected chi connectivity index (χ1v) is 10.9. The lowest BCUT2D eigenvalue weighted by molar-refractivity contribution is -0.113. The van der Waals surface area contributed by atoms with E-state index in [4.69, 9.17) is 4.74 Å². The Morgan fingerprint density at radius 3 is 2.64 bits per heavy atom. The summed E-state index contributed by atoms with van der Waals surface area (Å²) >= 11 is 8.19. The van der Waals surface area contributed by atoms with Crippen LogP contribution in [0.25, 0.3) is 0 Å². The second kappa shape index (κ2) is 9.58. The van der Waals surface area contributed by atoms with Gasteiger partial charge in [-0.15, -0.1) is 10.2 Å². The molecule has 0 fully saturated rings. The summed E-state index contributed by atoms with van der Waals surface area (Å²) in [5.41, 5.74) is 1.84. The molecule has 0 spiro atoms. The number of rotatable bonds is 7. The number of nitrogens with zero attached hydrogens (tertiary/aromatic N) is 3. The standard InChI is InChI=1S/C19H18Br2N4O2S/c1-25-17(9-12-3-6-14(27-2)7-4-12)23-24-19(25)28-11-18(26)22-16-10-13(20)5-8-15(16)21/h3-8,10H,9,11H2,1-2H3,(H,22,26). The Morgan fingerprint density at radius 2 is 1.93 bits per heavy atom. The van der Waals surface area contributed by atoms with Crippen LogP contribution in [0.5, 0.6) is 5.75 Å². The third-order valence-electron chi connectivity index (χ3n) is 3.98. The molecule has 0 aliphatic carbocycles. The molecule has 0 bridgehead atoms. The molecule has 1 N–H and O–H groups in total. The Labute approximate surface area is 184 Å². The number of thioether (sulfide) groups is 1. The van der Waals surface area contributed by atoms with Crippen molar-refractivity contribution in [1.82, 2.24) is 14.8 Å². The fraction of sp³-hybridized carbons (Fsp3) is 0.211. The van der Waals surface area contributed by atoms with Crippen LogP contribution in [0.15, 0.2) is 56.6 Å². The van der Waals surface area contributed by atoms with Crippen molar-refractivity contribution in [2.75, 3.05) is 18.2 Å². The molecule has 1 heterocycles. The maximum atomic E-state index is 12.3. The molecule has 6 nitrogen and oxygen atoms in total. The number of nitrogens with one attached hydrogen (secondary N) is 1. The highest BCUT2D eigenvalue weighted by molar-refractivity contribution is 9.11. The van der Waals surface area contributed by atoms with Gasteiger partial charge < -0.3 is 14.6 Å². The summed E-state index contributed by atoms with van der Waals surface area (Å²) in [6.45, 7) is 0. The van der Waals surface area contributed by atoms with E-state index in [0.717, 1.165) is 31.8 Å². The molecule has 0 radical (unpaired) electrons. The first kappa shape index (κ1) is 20.9. The van der Waals surface area contributed by atoms with Gasteiger partial charge in [0.2, 0.25) is 5.91 Å². The quantitative estimate of drug-likeness (QED) is 0.454. The lowest BCUT2D eigenvalue weighted by atomic mass is 10.1. The average Bonchev–Trinajstić information content (AvgIpc) is 3.03. The lowest BCUT2D eigenvalue weighted by Gasteiger charge is -2.08. The van der Waals surface area contributed by atoms with Crippen LogP contribution in [-0.2, 0) is 18.3 Å². The van der Waals surface area contributed by atoms with Gasteiger partial charge in [0, 0.05) is 22.4 Å². The van der Waals surface area contributed by atoms with Crippen molar-refractivity contribution in [2.45, 2.75) is 11.6 Å². The highest BCUT2D eigenvalue weighted by Gasteiger charge is 2.13. The van der Waals surface area contributed by atoms with Crippen LogP contribution in [0.2, 0.25) is 0 Å². The molecule has 3 aromatic rings. The summed E-state index contributed by atoms with van der Waals surface area (Å²) in [6.07, 6.45) is 0.658. The molecular weight excluding hydrogens is 508 g/mol. The maximum absolute atomic E-state index is 12.3. The molecule has 0 atom stereocenters. The number of aromatic nitrogens is 3. The van der Waals surface area contributed by atoms with Crippen molar-refractivity contribution >= 4 is 55.2 Å². The van der Waals surface area contributed by atoms with E-state index in [1.165, 1.54) is 11.8 Å². The summed E-state index contributed by atoms with van der Waals surface area (Å²) in [7, 11) is 3.55. The van der Waals surface area contributed by atoms with E-state index in [9.17, 15) is 4.79 Å². The number of ether oxygens (including phenoxy) is 1. The zero-order valence-corrected chi connectivity index (χ0v) is 19.3. The summed E-state index contributed by atoms with van der Waals surface area (Å²) in [6, 6.07) is 13.5. The predicted octanol–water partition coefficient (Wildman–Crippen LogP) is 4.67. The Bertz CT molecular complexity index is 977. The maximum Gasteiger partial charge on any atom is 0.234 e. The van der Waals surface area contributed by atoms with Crippen LogP contribution < -0.4 is 10.1 Å². The third kappa shape index (κ3) is 5.36. The minimum atomic E-state index is -0.108. The van der Waals surface area contributed by atoms with Crippen molar-refractivity contribution in [3.05, 3.63) is 62.8 Å². The Balaban J connectivity index is 1.59. The van der Waals surface area contributed by atoms with E-state index >= 15 is 0 Å². The highest BCUT2D eigenvalue weighted by atomic mass is 79.9. The first-order chi connectivity index (χ1) is 13.5. The molecule has 146 valence electrons. The van der Waals surface area contributed by atoms with Crippen molar-refractivity contribution in [1.29, 1.82) is 0 Å². The molecule has 9 heteroatoms. The number of benzene rings is 2. The molecule has 3 rings (SSSR count). The van der Waals surface area contributed by atoms with Gasteiger partial charge in [-0.2, -0.15) is 0 Å². The second-order valence-electron chi connectivity index (χ2n) is 5.94. The number of methoxy groups -OCH3 is 1. The summed E-state index contributed by atoms with van der Waals surface area (Å²) < 4.78 is 8.82. The van der Waals surface area contributed by atoms with Crippen LogP contribution in [-0.4, -0.2) is 33.5 Å². The lowest BCUT2D eigenvalue weighted by Crippen LogP contribution is -2.15. The predicted molar refractivity (Wildman–Crippen MR) is 118 cm³/mol. The van der Waals surface area contributed by atoms with Gasteiger partial charge >= 0.3 is 0 Å². The highest BCUT2D eigenvalue weighted by Crippen LogP contribution is 2.26. The normalized spacial score (nSPS) is 10.7. The van der Waals surface area contributed by atoms with Crippen LogP contribution in [0.3, 0.4) is 0 Å². The van der Waals surface area contributed by atoms with Crippen molar-refractivity contribution < 1.29 is 9.53 Å². The SMILES string of the molecule is COc1ccc(Cc2nnc(SCC(=O)Nc3cc(Br)ccc3Br)n2C)cc1. The van der Waals surface area contributed by atoms with E-state index in [-0.39, 0.29) is 11.7 Å². The molecule has 2 aromatic carbocycles. The molecule has 0 saturated carbocycles. The number of amides is 1. The van der Waals surface area contributed by atoms with Gasteiger partial charge in [0.15, 0.2) is 5.16 Å². The minimum Gasteiger partial charge on any atom is -0.497 e. The van der Waals surface area contributed by atoms with E-state index < -0.39 is 0 Å². The molecule has 1 aromatic heterocycles. The van der Waals surface area contributed by atoms with E-state index in [1.54, 1.807) is 7.11 Å². The number of hydrogen-bond acceptors (Lipinski definition) is 5. The van der Waals surface area contributed by atoms with Gasteiger partial charge in [-0.1, -0.05) is 39.8 Å². The molecule has 28 heavy (non-hydrogen) atoms. The van der Waals surface area contributed by atoms with Gasteiger partial charge in [0.05, 0.1) is 18.6 Å². The largest absolute Gasteiger partial charge is 0.497 e. The minimum absolute atomic E-state index is 0.108. The fourth-order valence-electron chi connectivity index (χ4n) is 2.46. The molecule has 0 aliphatic heterocycles. The zero-order chi connectivity index (χ0) is 20.1. The van der Waals surface area contributed by atoms with E-state index in [2.05, 4.69) is 47.4 Å². The van der Waals surface area contributed by atoms with Crippen LogP contribution in [0.4, 0.5) is 5.69 Å². The topological polar surface area (TPSA) is 69.0 Å². The van der Waals surface area contributed by atoms with Crippen molar-refractivity contribution in [3.8, 4) is 5.75 Å². The van der Waals surface area contributed by atoms with E-state index in [1.807, 2.05) is 54.1 Å². The van der Waals surface area contributed by atoms with Gasteiger partial charge in [-0.3, -0.25) is 4.79 Å². The Hall–Kier alpha value is -1.84. The number of halogens is 2. The number of carbonyl (C=O) groups excluding carboxylic acids is 1. The number of hydrogen-bond donors (Lipinski definition) is 1. The molecule has 0 saturated heterocycles. The third-order valence-corrected chi connectivity index (χ3v) is 6.19. The van der Waals surface area contributed by atoms with E-state index in [0.29, 0.717) is 11.6 Å². The Morgan fingerprint density at radius 1 is 1.18 bits per heavy atom. The van der Waals surface area contributed by atoms with Gasteiger partial charge in [-0.25, -0.2) is 0 Å². The van der Waals surface area contributed by atoms with Crippen LogP contribution >= 0.6 is 43.6 Å². The number of carbonyl (C=O) groups is 1. The average molecular weight is 526 g/mol. The van der Waals surface area contributed by atoms with Gasteiger partial charge in [0.25, 0.3) is 0 Å². The van der Waals surface area contributed by atoms with Crippen LogP contribution in [0, 0.1) is 0 Å². The molecular formula is C19H18Br2N4O2S. The van der Waals surface area contributed by atoms with Crippen molar-refractivity contribution in [3.63, 3.8) is 0 Å².